The molecule has 0 saturated heterocycles. The van der Waals surface area contributed by atoms with Gasteiger partial charge in [0.15, 0.2) is 11.6 Å². The van der Waals surface area contributed by atoms with Crippen LogP contribution >= 0.6 is 57.4 Å². The molecule has 1 saturated carbocycles. The summed E-state index contributed by atoms with van der Waals surface area (Å²) < 4.78 is 40.2. The van der Waals surface area contributed by atoms with Gasteiger partial charge in [-0.3, -0.25) is 9.59 Å². The molecule has 2 atom stereocenters. The molecule has 3 aromatic carbocycles. The molecule has 35 heavy (non-hydrogen) atoms. The molecule has 3 aromatic rings. The van der Waals surface area contributed by atoms with Gasteiger partial charge in [0.25, 0.3) is 0 Å². The highest BCUT2D eigenvalue weighted by atomic mass is 127. The molecule has 4 rings (SSSR count). The van der Waals surface area contributed by atoms with E-state index in [9.17, 15) is 22.8 Å². The van der Waals surface area contributed by atoms with Crippen LogP contribution in [0.25, 0.3) is 0 Å². The third kappa shape index (κ3) is 5.12. The zero-order chi connectivity index (χ0) is 25.7. The SMILES string of the molecule is Nc1c(F)ccc(CC(=O)c2cc(NC(=O)C3C(c4ccc(F)c(I)c4)C3(Cl)Cl)ccc2Cl)c1F. The Kier molecular flexibility index (Phi) is 7.30. The largest absolute Gasteiger partial charge is 0.394 e. The first-order valence-electron chi connectivity index (χ1n) is 10.1. The average Bonchev–Trinajstić information content (AvgIpc) is 3.39. The lowest BCUT2D eigenvalue weighted by Crippen LogP contribution is -2.17. The quantitative estimate of drug-likeness (QED) is 0.132. The van der Waals surface area contributed by atoms with E-state index in [1.165, 1.54) is 30.3 Å². The topological polar surface area (TPSA) is 72.2 Å². The Hall–Kier alpha value is -2.01. The van der Waals surface area contributed by atoms with E-state index in [0.29, 0.717) is 9.13 Å². The van der Waals surface area contributed by atoms with Crippen LogP contribution in [0, 0.1) is 26.9 Å². The van der Waals surface area contributed by atoms with Crippen LogP contribution in [-0.4, -0.2) is 16.0 Å². The summed E-state index contributed by atoms with van der Waals surface area (Å²) in [4.78, 5) is 25.7. The number of anilines is 2. The molecule has 0 bridgehead atoms. The standard InChI is InChI=1S/C24H15Cl3F3IN2O2/c25-14-4-3-12(9-13(14)18(34)8-11-2-6-16(29)22(32)21(11)30)33-23(35)20-19(24(20,26)27)10-1-5-15(28)17(31)7-10/h1-7,9,19-20H,8,32H2,(H,33,35). The number of Topliss-reactive ketones (excluding diaryl/α,β-unsaturated/α-hetero) is 1. The van der Waals surface area contributed by atoms with Gasteiger partial charge >= 0.3 is 0 Å². The van der Waals surface area contributed by atoms with E-state index in [0.717, 1.165) is 12.1 Å². The van der Waals surface area contributed by atoms with Crippen LogP contribution in [0.1, 0.15) is 27.4 Å². The number of halogens is 7. The maximum absolute atomic E-state index is 14.2. The lowest BCUT2D eigenvalue weighted by Gasteiger charge is -2.10. The van der Waals surface area contributed by atoms with Crippen LogP contribution in [0.15, 0.2) is 48.5 Å². The fourth-order valence-electron chi connectivity index (χ4n) is 3.83. The Morgan fingerprint density at radius 1 is 1.03 bits per heavy atom. The van der Waals surface area contributed by atoms with Crippen LogP contribution in [0.5, 0.6) is 0 Å². The minimum atomic E-state index is -1.39. The van der Waals surface area contributed by atoms with Crippen molar-refractivity contribution in [1.82, 2.24) is 0 Å². The fraction of sp³-hybridized carbons (Fsp3) is 0.167. The molecule has 182 valence electrons. The first-order valence-corrected chi connectivity index (χ1v) is 12.3. The van der Waals surface area contributed by atoms with Crippen molar-refractivity contribution in [1.29, 1.82) is 0 Å². The number of carbonyl (C=O) groups excluding carboxylic acids is 2. The molecule has 0 aliphatic heterocycles. The molecular formula is C24H15Cl3F3IN2O2. The lowest BCUT2D eigenvalue weighted by molar-refractivity contribution is -0.117. The molecule has 4 nitrogen and oxygen atoms in total. The van der Waals surface area contributed by atoms with Crippen molar-refractivity contribution < 1.29 is 22.8 Å². The number of ketones is 1. The summed E-state index contributed by atoms with van der Waals surface area (Å²) in [6.45, 7) is 0. The summed E-state index contributed by atoms with van der Waals surface area (Å²) in [5.41, 5.74) is 5.47. The number of amides is 1. The predicted octanol–water partition coefficient (Wildman–Crippen LogP) is 6.90. The molecular weight excluding hydrogens is 639 g/mol. The molecule has 0 radical (unpaired) electrons. The molecule has 11 heteroatoms. The van der Waals surface area contributed by atoms with Crippen molar-refractivity contribution in [3.8, 4) is 0 Å². The zero-order valence-corrected chi connectivity index (χ0v) is 21.9. The smallest absolute Gasteiger partial charge is 0.231 e. The molecule has 1 amide bonds. The van der Waals surface area contributed by atoms with Gasteiger partial charge in [-0.1, -0.05) is 23.7 Å². The van der Waals surface area contributed by atoms with Crippen LogP contribution in [0.4, 0.5) is 24.5 Å². The fourth-order valence-corrected chi connectivity index (χ4v) is 5.42. The normalized spacial score (nSPS) is 18.3. The maximum Gasteiger partial charge on any atom is 0.231 e. The summed E-state index contributed by atoms with van der Waals surface area (Å²) in [6, 6.07) is 10.7. The number of benzene rings is 3. The highest BCUT2D eigenvalue weighted by molar-refractivity contribution is 14.1. The first kappa shape index (κ1) is 26.1. The van der Waals surface area contributed by atoms with Gasteiger partial charge < -0.3 is 11.1 Å². The van der Waals surface area contributed by atoms with E-state index in [1.54, 1.807) is 6.07 Å². The van der Waals surface area contributed by atoms with Gasteiger partial charge in [-0.05, 0) is 70.1 Å². The van der Waals surface area contributed by atoms with E-state index in [2.05, 4.69) is 5.32 Å². The number of carbonyl (C=O) groups is 2. The second kappa shape index (κ2) is 9.80. The second-order valence-electron chi connectivity index (χ2n) is 8.02. The molecule has 2 unspecified atom stereocenters. The zero-order valence-electron chi connectivity index (χ0n) is 17.5. The van der Waals surface area contributed by atoms with Gasteiger partial charge in [-0.25, -0.2) is 13.2 Å². The van der Waals surface area contributed by atoms with Crippen molar-refractivity contribution in [3.05, 3.63) is 91.3 Å². The van der Waals surface area contributed by atoms with Crippen LogP contribution in [-0.2, 0) is 11.2 Å². The second-order valence-corrected chi connectivity index (χ2v) is 11.0. The van der Waals surface area contributed by atoms with Gasteiger partial charge in [-0.2, -0.15) is 0 Å². The Bertz CT molecular complexity index is 1370. The van der Waals surface area contributed by atoms with E-state index >= 15 is 0 Å². The minimum Gasteiger partial charge on any atom is -0.394 e. The molecule has 1 fully saturated rings. The third-order valence-corrected chi connectivity index (χ3v) is 7.83. The minimum absolute atomic E-state index is 0.0233. The Balaban J connectivity index is 1.52. The molecule has 0 spiro atoms. The Morgan fingerprint density at radius 3 is 2.40 bits per heavy atom. The van der Waals surface area contributed by atoms with Gasteiger partial charge in [0.1, 0.15) is 21.7 Å². The molecule has 1 aliphatic rings. The molecule has 0 aromatic heterocycles. The van der Waals surface area contributed by atoms with Crippen molar-refractivity contribution in [2.24, 2.45) is 5.92 Å². The highest BCUT2D eigenvalue weighted by Gasteiger charge is 2.67. The first-order chi connectivity index (χ1) is 16.4. The van der Waals surface area contributed by atoms with Crippen LogP contribution in [0.2, 0.25) is 5.02 Å². The third-order valence-electron chi connectivity index (χ3n) is 5.73. The number of nitrogens with one attached hydrogen (secondary N) is 1. The van der Waals surface area contributed by atoms with Crippen molar-refractivity contribution in [2.75, 3.05) is 11.1 Å². The number of rotatable bonds is 6. The highest BCUT2D eigenvalue weighted by Crippen LogP contribution is 2.65. The van der Waals surface area contributed by atoms with Crippen molar-refractivity contribution in [3.63, 3.8) is 0 Å². The Morgan fingerprint density at radius 2 is 1.71 bits per heavy atom. The molecule has 0 heterocycles. The maximum atomic E-state index is 14.2. The van der Waals surface area contributed by atoms with Gasteiger partial charge in [-0.15, -0.1) is 23.2 Å². The van der Waals surface area contributed by atoms with E-state index in [4.69, 9.17) is 40.5 Å². The predicted molar refractivity (Wildman–Crippen MR) is 139 cm³/mol. The summed E-state index contributed by atoms with van der Waals surface area (Å²) in [5, 5.41) is 2.74. The molecule has 1 aliphatic carbocycles. The van der Waals surface area contributed by atoms with Gasteiger partial charge in [0.05, 0.1) is 10.9 Å². The van der Waals surface area contributed by atoms with E-state index in [-0.39, 0.29) is 21.8 Å². The van der Waals surface area contributed by atoms with Gasteiger partial charge in [0.2, 0.25) is 5.91 Å². The summed E-state index contributed by atoms with van der Waals surface area (Å²) in [6.07, 6.45) is -0.423. The Labute approximate surface area is 227 Å². The van der Waals surface area contributed by atoms with Crippen molar-refractivity contribution in [2.45, 2.75) is 16.7 Å². The van der Waals surface area contributed by atoms with Gasteiger partial charge in [0, 0.05) is 27.2 Å². The number of hydrogen-bond acceptors (Lipinski definition) is 3. The number of alkyl halides is 2. The summed E-state index contributed by atoms with van der Waals surface area (Å²) in [7, 11) is 0. The number of nitrogen functional groups attached to an aromatic ring is 1. The van der Waals surface area contributed by atoms with E-state index < -0.39 is 57.4 Å². The average molecular weight is 654 g/mol. The van der Waals surface area contributed by atoms with E-state index in [1.807, 2.05) is 22.6 Å². The van der Waals surface area contributed by atoms with Crippen LogP contribution in [0.3, 0.4) is 0 Å². The summed E-state index contributed by atoms with van der Waals surface area (Å²) >= 11 is 20.7. The summed E-state index contributed by atoms with van der Waals surface area (Å²) in [5.74, 6) is -4.78. The number of hydrogen-bond donors (Lipinski definition) is 2. The van der Waals surface area contributed by atoms with Crippen LogP contribution < -0.4 is 11.1 Å². The lowest BCUT2D eigenvalue weighted by atomic mass is 10.0. The molecule has 3 N–H and O–H groups in total. The van der Waals surface area contributed by atoms with Crippen molar-refractivity contribution >= 4 is 80.5 Å². The number of nitrogens with two attached hydrogens (primary N) is 1. The monoisotopic (exact) mass is 652 g/mol.